The normalized spacial score (nSPS) is 29.3. The molecule has 234 valence electrons. The molecule has 2 unspecified atom stereocenters. The van der Waals surface area contributed by atoms with Gasteiger partial charge in [-0.05, 0) is 89.0 Å². The summed E-state index contributed by atoms with van der Waals surface area (Å²) in [5.41, 5.74) is 1.30. The van der Waals surface area contributed by atoms with Gasteiger partial charge in [-0.3, -0.25) is 4.79 Å². The smallest absolute Gasteiger partial charge is 0.219 e. The zero-order valence-electron chi connectivity index (χ0n) is 25.5. The summed E-state index contributed by atoms with van der Waals surface area (Å²) in [5, 5.41) is 14.0. The highest BCUT2D eigenvalue weighted by Crippen LogP contribution is 2.39. The molecule has 1 aliphatic carbocycles. The molecule has 7 nitrogen and oxygen atoms in total. The second kappa shape index (κ2) is 18.6. The van der Waals surface area contributed by atoms with E-state index in [2.05, 4.69) is 53.9 Å². The lowest BCUT2D eigenvalue weighted by molar-refractivity contribution is -0.193. The van der Waals surface area contributed by atoms with Crippen LogP contribution in [0, 0.1) is 11.8 Å². The summed E-state index contributed by atoms with van der Waals surface area (Å²) in [6, 6.07) is 10.5. The molecule has 2 aliphatic heterocycles. The Labute approximate surface area is 253 Å². The molecule has 0 bridgehead atoms. The number of carbonyl (C=O) groups excluding carboxylic acids is 1. The molecule has 0 aromatic heterocycles. The molecular weight excluding hydrogens is 530 g/mol. The molecule has 1 aromatic carbocycles. The predicted molar refractivity (Wildman–Crippen MR) is 165 cm³/mol. The molecule has 4 rings (SSSR count). The molecule has 3 aliphatic rings. The van der Waals surface area contributed by atoms with Gasteiger partial charge < -0.3 is 29.4 Å². The number of rotatable bonds is 16. The monoisotopic (exact) mass is 583 g/mol. The van der Waals surface area contributed by atoms with Crippen molar-refractivity contribution in [3.8, 4) is 0 Å². The summed E-state index contributed by atoms with van der Waals surface area (Å²) in [6.45, 7) is 4.10. The summed E-state index contributed by atoms with van der Waals surface area (Å²) in [6.07, 6.45) is 19.4. The minimum atomic E-state index is -0.446. The largest absolute Gasteiger partial charge is 0.393 e. The number of unbranched alkanes of at least 4 members (excludes halogenated alkanes) is 1. The molecule has 1 amide bonds. The lowest BCUT2D eigenvalue weighted by Crippen LogP contribution is -2.31. The maximum atomic E-state index is 11.7. The number of benzene rings is 1. The van der Waals surface area contributed by atoms with E-state index in [0.29, 0.717) is 19.4 Å². The zero-order chi connectivity index (χ0) is 29.4. The first-order valence-corrected chi connectivity index (χ1v) is 16.5. The van der Waals surface area contributed by atoms with Crippen LogP contribution >= 0.6 is 0 Å². The van der Waals surface area contributed by atoms with Crippen molar-refractivity contribution in [2.75, 3.05) is 19.8 Å². The van der Waals surface area contributed by atoms with Gasteiger partial charge in [0.1, 0.15) is 0 Å². The van der Waals surface area contributed by atoms with Gasteiger partial charge in [-0.1, -0.05) is 54.6 Å². The number of ether oxygens (including phenoxy) is 4. The fourth-order valence-electron chi connectivity index (χ4n) is 6.31. The molecule has 2 heterocycles. The first kappa shape index (κ1) is 32.9. The third kappa shape index (κ3) is 11.2. The van der Waals surface area contributed by atoms with Crippen LogP contribution < -0.4 is 5.32 Å². The standard InChI is InChI=1S/C35H53NO6/c1-2-36-33(38)17-9-4-3-8-16-29-30(32(26-31(29)37)42-35-19-11-13-25-40-35)23-22-28(41-34-18-10-12-24-39-34)21-20-27-14-6-5-7-15-27/h3,5-8,14-15,22-23,28-32,34-35,37H,2,4,9-13,16-21,24-26H2,1H3,(H,36,38)/b8-3-,23-22?/t28-,29+,30-,31+,32+,34?,35?/m0/s1. The third-order valence-electron chi connectivity index (χ3n) is 8.65. The molecule has 3 fully saturated rings. The van der Waals surface area contributed by atoms with Crippen molar-refractivity contribution in [3.63, 3.8) is 0 Å². The van der Waals surface area contributed by atoms with E-state index in [1.54, 1.807) is 0 Å². The van der Waals surface area contributed by atoms with Gasteiger partial charge in [-0.25, -0.2) is 0 Å². The van der Waals surface area contributed by atoms with Crippen molar-refractivity contribution in [1.82, 2.24) is 5.32 Å². The Bertz CT molecular complexity index is 940. The number of carbonyl (C=O) groups is 1. The highest BCUT2D eigenvalue weighted by Gasteiger charge is 2.42. The molecule has 1 aromatic rings. The van der Waals surface area contributed by atoms with Crippen LogP contribution in [0.1, 0.15) is 89.5 Å². The molecule has 7 heteroatoms. The average molecular weight is 584 g/mol. The van der Waals surface area contributed by atoms with Crippen molar-refractivity contribution >= 4 is 5.91 Å². The van der Waals surface area contributed by atoms with Crippen molar-refractivity contribution in [2.45, 2.75) is 121 Å². The minimum Gasteiger partial charge on any atom is -0.393 e. The summed E-state index contributed by atoms with van der Waals surface area (Å²) >= 11 is 0. The topological polar surface area (TPSA) is 86.3 Å². The summed E-state index contributed by atoms with van der Waals surface area (Å²) < 4.78 is 24.9. The Balaban J connectivity index is 1.42. The van der Waals surface area contributed by atoms with Gasteiger partial charge in [-0.2, -0.15) is 0 Å². The van der Waals surface area contributed by atoms with E-state index in [4.69, 9.17) is 18.9 Å². The molecule has 2 saturated heterocycles. The SMILES string of the molecule is CCNC(=O)CCC/C=C\C[C@@H]1[C@H](C=C[C@H](CCc2ccccc2)OC2CCCCO2)[C@H](OC2CCCCO2)C[C@H]1O. The quantitative estimate of drug-likeness (QED) is 0.177. The van der Waals surface area contributed by atoms with Crippen LogP contribution in [-0.2, 0) is 30.2 Å². The van der Waals surface area contributed by atoms with Crippen LogP contribution in [0.15, 0.2) is 54.6 Å². The first-order valence-electron chi connectivity index (χ1n) is 16.5. The van der Waals surface area contributed by atoms with Crippen LogP contribution in [0.2, 0.25) is 0 Å². The number of amides is 1. The Morgan fingerprint density at radius 3 is 2.55 bits per heavy atom. The molecule has 1 saturated carbocycles. The van der Waals surface area contributed by atoms with E-state index in [0.717, 1.165) is 83.8 Å². The lowest BCUT2D eigenvalue weighted by Gasteiger charge is -2.30. The van der Waals surface area contributed by atoms with Gasteiger partial charge in [-0.15, -0.1) is 0 Å². The van der Waals surface area contributed by atoms with E-state index in [1.165, 1.54) is 5.56 Å². The highest BCUT2D eigenvalue weighted by atomic mass is 16.7. The molecule has 0 radical (unpaired) electrons. The number of aliphatic hydroxyl groups excluding tert-OH is 1. The predicted octanol–water partition coefficient (Wildman–Crippen LogP) is 6.25. The van der Waals surface area contributed by atoms with Crippen LogP contribution in [-0.4, -0.2) is 61.7 Å². The van der Waals surface area contributed by atoms with Crippen LogP contribution in [0.5, 0.6) is 0 Å². The Morgan fingerprint density at radius 2 is 1.83 bits per heavy atom. The lowest BCUT2D eigenvalue weighted by atomic mass is 9.89. The fourth-order valence-corrected chi connectivity index (χ4v) is 6.31. The number of hydrogen-bond acceptors (Lipinski definition) is 6. The van der Waals surface area contributed by atoms with Gasteiger partial charge >= 0.3 is 0 Å². The van der Waals surface area contributed by atoms with Gasteiger partial charge in [0.15, 0.2) is 12.6 Å². The molecule has 2 N–H and O–H groups in total. The highest BCUT2D eigenvalue weighted by molar-refractivity contribution is 5.75. The second-order valence-electron chi connectivity index (χ2n) is 11.9. The fraction of sp³-hybridized carbons (Fsp3) is 0.686. The maximum absolute atomic E-state index is 11.7. The summed E-state index contributed by atoms with van der Waals surface area (Å²) in [7, 11) is 0. The number of allylic oxidation sites excluding steroid dienone is 2. The van der Waals surface area contributed by atoms with Crippen LogP contribution in [0.4, 0.5) is 0 Å². The molecule has 7 atom stereocenters. The summed E-state index contributed by atoms with van der Waals surface area (Å²) in [4.78, 5) is 11.7. The Hall–Kier alpha value is -2.03. The zero-order valence-corrected chi connectivity index (χ0v) is 25.5. The minimum absolute atomic E-state index is 0.0511. The van der Waals surface area contributed by atoms with Gasteiger partial charge in [0.05, 0.1) is 18.3 Å². The molecule has 42 heavy (non-hydrogen) atoms. The number of nitrogens with one attached hydrogen (secondary N) is 1. The first-order chi connectivity index (χ1) is 20.6. The average Bonchev–Trinajstić information content (AvgIpc) is 3.30. The molecule has 0 spiro atoms. The Morgan fingerprint density at radius 1 is 1.07 bits per heavy atom. The van der Waals surface area contributed by atoms with Crippen molar-refractivity contribution in [1.29, 1.82) is 0 Å². The van der Waals surface area contributed by atoms with Gasteiger partial charge in [0, 0.05) is 38.5 Å². The van der Waals surface area contributed by atoms with Gasteiger partial charge in [0.2, 0.25) is 5.91 Å². The van der Waals surface area contributed by atoms with E-state index in [9.17, 15) is 9.90 Å². The number of aryl methyl sites for hydroxylation is 1. The van der Waals surface area contributed by atoms with E-state index < -0.39 is 6.10 Å². The maximum Gasteiger partial charge on any atom is 0.219 e. The van der Waals surface area contributed by atoms with Crippen molar-refractivity contribution in [3.05, 3.63) is 60.2 Å². The van der Waals surface area contributed by atoms with E-state index in [-0.39, 0.29) is 42.5 Å². The molecular formula is C35H53NO6. The number of aliphatic hydroxyl groups is 1. The Kier molecular flexibility index (Phi) is 14.6. The van der Waals surface area contributed by atoms with Gasteiger partial charge in [0.25, 0.3) is 0 Å². The van der Waals surface area contributed by atoms with Crippen molar-refractivity contribution in [2.24, 2.45) is 11.8 Å². The van der Waals surface area contributed by atoms with E-state index >= 15 is 0 Å². The third-order valence-corrected chi connectivity index (χ3v) is 8.65. The second-order valence-corrected chi connectivity index (χ2v) is 11.9. The van der Waals surface area contributed by atoms with E-state index in [1.807, 2.05) is 13.0 Å². The van der Waals surface area contributed by atoms with Crippen LogP contribution in [0.25, 0.3) is 0 Å². The summed E-state index contributed by atoms with van der Waals surface area (Å²) in [5.74, 6) is 0.214. The number of hydrogen-bond donors (Lipinski definition) is 2. The van der Waals surface area contributed by atoms with Crippen LogP contribution in [0.3, 0.4) is 0 Å². The van der Waals surface area contributed by atoms with Crippen molar-refractivity contribution < 1.29 is 28.8 Å².